The largest absolute Gasteiger partial charge is 0.508 e. The highest BCUT2D eigenvalue weighted by molar-refractivity contribution is 5.62. The van der Waals surface area contributed by atoms with Crippen molar-refractivity contribution in [1.82, 2.24) is 0 Å². The molecule has 0 aliphatic carbocycles. The van der Waals surface area contributed by atoms with Crippen LogP contribution in [-0.2, 0) is 0 Å². The van der Waals surface area contributed by atoms with Gasteiger partial charge in [-0.15, -0.1) is 0 Å². The number of phenols is 1. The van der Waals surface area contributed by atoms with Gasteiger partial charge in [0.1, 0.15) is 5.75 Å². The summed E-state index contributed by atoms with van der Waals surface area (Å²) in [5, 5.41) is 12.7. The fourth-order valence-electron chi connectivity index (χ4n) is 1.59. The smallest absolute Gasteiger partial charge is 0.121 e. The summed E-state index contributed by atoms with van der Waals surface area (Å²) in [5.41, 5.74) is 2.14. The lowest BCUT2D eigenvalue weighted by Crippen LogP contribution is -1.95. The molecule has 0 fully saturated rings. The SMILES string of the molecule is C[C@H]1CNc2cccc(O)c21. The Balaban J connectivity index is 2.58. The van der Waals surface area contributed by atoms with E-state index in [4.69, 9.17) is 0 Å². The van der Waals surface area contributed by atoms with Crippen LogP contribution in [0.15, 0.2) is 18.2 Å². The molecule has 11 heavy (non-hydrogen) atoms. The van der Waals surface area contributed by atoms with Crippen molar-refractivity contribution in [3.05, 3.63) is 23.8 Å². The molecule has 0 saturated carbocycles. The summed E-state index contributed by atoms with van der Waals surface area (Å²) < 4.78 is 0. The van der Waals surface area contributed by atoms with Gasteiger partial charge in [0.25, 0.3) is 0 Å². The number of hydrogen-bond donors (Lipinski definition) is 2. The van der Waals surface area contributed by atoms with Gasteiger partial charge in [-0.1, -0.05) is 13.0 Å². The molecule has 2 nitrogen and oxygen atoms in total. The Kier molecular flexibility index (Phi) is 1.28. The van der Waals surface area contributed by atoms with Gasteiger partial charge in [-0.05, 0) is 12.1 Å². The summed E-state index contributed by atoms with van der Waals surface area (Å²) in [6.07, 6.45) is 0. The fourth-order valence-corrected chi connectivity index (χ4v) is 1.59. The molecule has 2 heteroatoms. The van der Waals surface area contributed by atoms with Gasteiger partial charge in [0, 0.05) is 23.7 Å². The molecule has 1 aliphatic rings. The van der Waals surface area contributed by atoms with Crippen LogP contribution in [0.1, 0.15) is 18.4 Å². The van der Waals surface area contributed by atoms with Crippen molar-refractivity contribution in [3.8, 4) is 5.75 Å². The molecule has 58 valence electrons. The molecule has 1 aromatic carbocycles. The Morgan fingerprint density at radius 2 is 2.36 bits per heavy atom. The van der Waals surface area contributed by atoms with Crippen molar-refractivity contribution in [2.24, 2.45) is 0 Å². The minimum Gasteiger partial charge on any atom is -0.508 e. The van der Waals surface area contributed by atoms with Gasteiger partial charge in [-0.3, -0.25) is 0 Å². The third kappa shape index (κ3) is 0.862. The minimum atomic E-state index is 0.417. The fraction of sp³-hybridized carbons (Fsp3) is 0.333. The first kappa shape index (κ1) is 6.53. The second kappa shape index (κ2) is 2.16. The molecular weight excluding hydrogens is 138 g/mol. The number of fused-ring (bicyclic) bond motifs is 1. The van der Waals surface area contributed by atoms with Gasteiger partial charge < -0.3 is 10.4 Å². The first-order chi connectivity index (χ1) is 5.29. The van der Waals surface area contributed by atoms with Crippen LogP contribution in [0.5, 0.6) is 5.75 Å². The molecule has 0 radical (unpaired) electrons. The molecule has 0 amide bonds. The highest BCUT2D eigenvalue weighted by atomic mass is 16.3. The number of nitrogens with one attached hydrogen (secondary N) is 1. The number of anilines is 1. The van der Waals surface area contributed by atoms with Gasteiger partial charge >= 0.3 is 0 Å². The predicted octanol–water partition coefficient (Wildman–Crippen LogP) is 1.92. The lowest BCUT2D eigenvalue weighted by Gasteiger charge is -2.03. The molecule has 1 aliphatic heterocycles. The zero-order valence-corrected chi connectivity index (χ0v) is 6.46. The van der Waals surface area contributed by atoms with E-state index in [1.807, 2.05) is 12.1 Å². The Morgan fingerprint density at radius 1 is 1.55 bits per heavy atom. The van der Waals surface area contributed by atoms with Crippen LogP contribution < -0.4 is 5.32 Å². The molecule has 2 rings (SSSR count). The zero-order valence-electron chi connectivity index (χ0n) is 6.46. The van der Waals surface area contributed by atoms with Gasteiger partial charge in [0.15, 0.2) is 0 Å². The van der Waals surface area contributed by atoms with E-state index in [2.05, 4.69) is 12.2 Å². The van der Waals surface area contributed by atoms with Crippen molar-refractivity contribution in [3.63, 3.8) is 0 Å². The summed E-state index contributed by atoms with van der Waals surface area (Å²) in [6.45, 7) is 3.05. The first-order valence-electron chi connectivity index (χ1n) is 3.85. The minimum absolute atomic E-state index is 0.417. The normalized spacial score (nSPS) is 21.0. The first-order valence-corrected chi connectivity index (χ1v) is 3.85. The molecule has 0 bridgehead atoms. The molecule has 1 heterocycles. The van der Waals surface area contributed by atoms with E-state index < -0.39 is 0 Å². The molecule has 0 aromatic heterocycles. The van der Waals surface area contributed by atoms with E-state index in [1.165, 1.54) is 0 Å². The molecule has 0 saturated heterocycles. The van der Waals surface area contributed by atoms with Crippen LogP contribution in [-0.4, -0.2) is 11.7 Å². The third-order valence-corrected chi connectivity index (χ3v) is 2.17. The van der Waals surface area contributed by atoms with Gasteiger partial charge in [0.2, 0.25) is 0 Å². The van der Waals surface area contributed by atoms with Crippen molar-refractivity contribution >= 4 is 5.69 Å². The maximum Gasteiger partial charge on any atom is 0.121 e. The highest BCUT2D eigenvalue weighted by Crippen LogP contribution is 2.37. The Labute approximate surface area is 65.9 Å². The van der Waals surface area contributed by atoms with E-state index in [0.717, 1.165) is 17.8 Å². The van der Waals surface area contributed by atoms with E-state index in [-0.39, 0.29) is 0 Å². The van der Waals surface area contributed by atoms with Crippen LogP contribution >= 0.6 is 0 Å². The van der Waals surface area contributed by atoms with E-state index in [0.29, 0.717) is 11.7 Å². The summed E-state index contributed by atoms with van der Waals surface area (Å²) >= 11 is 0. The van der Waals surface area contributed by atoms with Gasteiger partial charge in [-0.2, -0.15) is 0 Å². The average Bonchev–Trinajstić information content (AvgIpc) is 2.34. The Bertz CT molecular complexity index is 283. The maximum atomic E-state index is 9.46. The number of phenolic OH excluding ortho intramolecular Hbond substituents is 1. The molecule has 1 aromatic rings. The van der Waals surface area contributed by atoms with Crippen LogP contribution in [0.3, 0.4) is 0 Å². The molecule has 0 unspecified atom stereocenters. The van der Waals surface area contributed by atoms with Crippen molar-refractivity contribution < 1.29 is 5.11 Å². The predicted molar refractivity (Wildman–Crippen MR) is 45.0 cm³/mol. The monoisotopic (exact) mass is 149 g/mol. The van der Waals surface area contributed by atoms with E-state index in [1.54, 1.807) is 6.07 Å². The second-order valence-corrected chi connectivity index (χ2v) is 3.02. The Morgan fingerprint density at radius 3 is 3.09 bits per heavy atom. The van der Waals surface area contributed by atoms with Crippen molar-refractivity contribution in [2.45, 2.75) is 12.8 Å². The van der Waals surface area contributed by atoms with Crippen LogP contribution in [0, 0.1) is 0 Å². The molecule has 1 atom stereocenters. The Hall–Kier alpha value is -1.18. The molecule has 0 spiro atoms. The maximum absolute atomic E-state index is 9.46. The number of aromatic hydroxyl groups is 1. The number of rotatable bonds is 0. The van der Waals surface area contributed by atoms with Gasteiger partial charge in [0.05, 0.1) is 0 Å². The highest BCUT2D eigenvalue weighted by Gasteiger charge is 2.20. The third-order valence-electron chi connectivity index (χ3n) is 2.17. The van der Waals surface area contributed by atoms with Crippen LogP contribution in [0.2, 0.25) is 0 Å². The summed E-state index contributed by atoms with van der Waals surface area (Å²) in [6, 6.07) is 5.60. The van der Waals surface area contributed by atoms with Crippen molar-refractivity contribution in [2.75, 3.05) is 11.9 Å². The zero-order chi connectivity index (χ0) is 7.84. The summed E-state index contributed by atoms with van der Waals surface area (Å²) in [5.74, 6) is 0.853. The lowest BCUT2D eigenvalue weighted by atomic mass is 10.0. The quantitative estimate of drug-likeness (QED) is 0.590. The summed E-state index contributed by atoms with van der Waals surface area (Å²) in [4.78, 5) is 0. The van der Waals surface area contributed by atoms with E-state index in [9.17, 15) is 5.11 Å². The summed E-state index contributed by atoms with van der Waals surface area (Å²) in [7, 11) is 0. The average molecular weight is 149 g/mol. The topological polar surface area (TPSA) is 32.3 Å². The molecule has 2 N–H and O–H groups in total. The van der Waals surface area contributed by atoms with Gasteiger partial charge in [-0.25, -0.2) is 0 Å². The number of benzene rings is 1. The van der Waals surface area contributed by atoms with Crippen molar-refractivity contribution in [1.29, 1.82) is 0 Å². The second-order valence-electron chi connectivity index (χ2n) is 3.02. The van der Waals surface area contributed by atoms with Crippen LogP contribution in [0.25, 0.3) is 0 Å². The lowest BCUT2D eigenvalue weighted by molar-refractivity contribution is 0.466. The molecular formula is C9H11NO. The number of hydrogen-bond acceptors (Lipinski definition) is 2. The van der Waals surface area contributed by atoms with Crippen LogP contribution in [0.4, 0.5) is 5.69 Å². The standard InChI is InChI=1S/C9H11NO/c1-6-5-10-7-3-2-4-8(11)9(6)7/h2-4,6,10-11H,5H2,1H3/t6-/m0/s1. The van der Waals surface area contributed by atoms with E-state index >= 15 is 0 Å².